The van der Waals surface area contributed by atoms with E-state index in [-0.39, 0.29) is 11.4 Å². The van der Waals surface area contributed by atoms with Gasteiger partial charge in [-0.2, -0.15) is 4.98 Å². The molecule has 1 N–H and O–H groups in total. The molecule has 0 bridgehead atoms. The molecule has 1 saturated heterocycles. The molecule has 2 aromatic rings. The van der Waals surface area contributed by atoms with Crippen molar-refractivity contribution < 1.29 is 9.32 Å². The number of aryl methyl sites for hydroxylation is 2. The van der Waals surface area contributed by atoms with Crippen LogP contribution in [0.3, 0.4) is 0 Å². The van der Waals surface area contributed by atoms with Crippen LogP contribution in [0.2, 0.25) is 0 Å². The van der Waals surface area contributed by atoms with Crippen molar-refractivity contribution in [1.29, 1.82) is 0 Å². The zero-order valence-corrected chi connectivity index (χ0v) is 17.0. The van der Waals surface area contributed by atoms with Crippen LogP contribution in [0, 0.1) is 0 Å². The number of carbonyl (C=O) groups is 1. The van der Waals surface area contributed by atoms with Crippen LogP contribution in [0.15, 0.2) is 4.52 Å². The number of piperidine rings is 1. The number of aromatic nitrogens is 3. The first-order valence-electron chi connectivity index (χ1n) is 10.1. The minimum absolute atomic E-state index is 0.0249. The lowest BCUT2D eigenvalue weighted by atomic mass is 10.0. The molecule has 1 aliphatic rings. The Hall–Kier alpha value is -2.18. The van der Waals surface area contributed by atoms with Gasteiger partial charge in [-0.1, -0.05) is 19.0 Å². The summed E-state index contributed by atoms with van der Waals surface area (Å²) in [5, 5.41) is 8.18. The Balaban J connectivity index is 1.83. The van der Waals surface area contributed by atoms with E-state index < -0.39 is 0 Å². The number of hydrogen-bond acceptors (Lipinski definition) is 6. The molecule has 0 atom stereocenters. The number of nitrogens with zero attached hydrogens (tertiary/aromatic N) is 4. The molecule has 0 radical (unpaired) electrons. The van der Waals surface area contributed by atoms with Crippen molar-refractivity contribution in [3.8, 4) is 0 Å². The van der Waals surface area contributed by atoms with Crippen LogP contribution in [0.4, 0.5) is 5.82 Å². The maximum Gasteiger partial charge on any atom is 0.263 e. The van der Waals surface area contributed by atoms with Crippen molar-refractivity contribution in [3.05, 3.63) is 11.5 Å². The van der Waals surface area contributed by atoms with Gasteiger partial charge in [0.1, 0.15) is 17.0 Å². The second-order valence-electron chi connectivity index (χ2n) is 7.96. The number of rotatable bonds is 7. The predicted molar refractivity (Wildman–Crippen MR) is 106 cm³/mol. The summed E-state index contributed by atoms with van der Waals surface area (Å²) in [5.74, 6) is 1.59. The van der Waals surface area contributed by atoms with Crippen LogP contribution in [0.1, 0.15) is 71.3 Å². The van der Waals surface area contributed by atoms with Gasteiger partial charge in [0, 0.05) is 31.5 Å². The molecule has 1 amide bonds. The first kappa shape index (κ1) is 19.6. The summed E-state index contributed by atoms with van der Waals surface area (Å²) in [7, 11) is 0. The van der Waals surface area contributed by atoms with Crippen molar-refractivity contribution in [2.75, 3.05) is 18.0 Å². The van der Waals surface area contributed by atoms with Crippen LogP contribution in [-0.4, -0.2) is 39.7 Å². The average Bonchev–Trinajstić information content (AvgIpc) is 3.09. The molecule has 0 aromatic carbocycles. The minimum atomic E-state index is -0.193. The van der Waals surface area contributed by atoms with Gasteiger partial charge < -0.3 is 14.7 Å². The highest BCUT2D eigenvalue weighted by atomic mass is 16.5. The maximum absolute atomic E-state index is 12.3. The smallest absolute Gasteiger partial charge is 0.263 e. The highest BCUT2D eigenvalue weighted by Crippen LogP contribution is 2.29. The molecule has 7 heteroatoms. The van der Waals surface area contributed by atoms with Gasteiger partial charge in [-0.05, 0) is 46.0 Å². The molecule has 0 saturated carbocycles. The molecule has 0 spiro atoms. The van der Waals surface area contributed by atoms with E-state index in [1.165, 1.54) is 19.3 Å². The number of nitrogens with one attached hydrogen (secondary N) is 1. The highest BCUT2D eigenvalue weighted by molar-refractivity contribution is 5.88. The van der Waals surface area contributed by atoms with Gasteiger partial charge in [-0.15, -0.1) is 0 Å². The lowest BCUT2D eigenvalue weighted by Crippen LogP contribution is -2.42. The fourth-order valence-corrected chi connectivity index (χ4v) is 3.38. The van der Waals surface area contributed by atoms with Crippen molar-refractivity contribution in [2.45, 2.75) is 78.2 Å². The summed E-state index contributed by atoms with van der Waals surface area (Å²) in [6.45, 7) is 10.2. The van der Waals surface area contributed by atoms with Crippen LogP contribution in [-0.2, 0) is 17.6 Å². The normalized spacial score (nSPS) is 15.3. The van der Waals surface area contributed by atoms with Gasteiger partial charge >= 0.3 is 0 Å². The fraction of sp³-hybridized carbons (Fsp3) is 0.700. The molecular weight excluding hydrogens is 342 g/mol. The molecule has 0 unspecified atom stereocenters. The minimum Gasteiger partial charge on any atom is -0.356 e. The predicted octanol–water partition coefficient (Wildman–Crippen LogP) is 3.41. The number of anilines is 1. The lowest BCUT2D eigenvalue weighted by molar-refractivity contribution is -0.122. The number of carbonyl (C=O) groups excluding carboxylic acids is 1. The molecule has 2 aromatic heterocycles. The zero-order valence-electron chi connectivity index (χ0n) is 17.0. The topological polar surface area (TPSA) is 84.1 Å². The third-order valence-corrected chi connectivity index (χ3v) is 5.36. The van der Waals surface area contributed by atoms with Gasteiger partial charge in [0.15, 0.2) is 0 Å². The number of fused-ring (bicyclic) bond motifs is 1. The Morgan fingerprint density at radius 1 is 1.19 bits per heavy atom. The van der Waals surface area contributed by atoms with Crippen molar-refractivity contribution in [2.24, 2.45) is 0 Å². The molecular formula is C20H31N5O2. The van der Waals surface area contributed by atoms with Gasteiger partial charge in [0.25, 0.3) is 5.71 Å². The zero-order chi connectivity index (χ0) is 19.4. The van der Waals surface area contributed by atoms with E-state index in [1.807, 2.05) is 13.8 Å². The summed E-state index contributed by atoms with van der Waals surface area (Å²) in [4.78, 5) is 24.0. The van der Waals surface area contributed by atoms with E-state index in [0.717, 1.165) is 42.8 Å². The fourth-order valence-electron chi connectivity index (χ4n) is 3.38. The number of amides is 1. The summed E-state index contributed by atoms with van der Waals surface area (Å²) in [6.07, 6.45) is 6.12. The first-order valence-corrected chi connectivity index (χ1v) is 10.1. The molecule has 0 aliphatic carbocycles. The summed E-state index contributed by atoms with van der Waals surface area (Å²) in [5.41, 5.74) is 1.24. The standard InChI is InChI=1S/C20H31N5O2/c1-5-14-17-18(25-12-8-7-9-13-25)21-15(22-19(17)27-24-14)10-11-16(26)23-20(3,4)6-2/h5-13H2,1-4H3,(H,23,26). The summed E-state index contributed by atoms with van der Waals surface area (Å²) < 4.78 is 5.49. The Bertz CT molecular complexity index is 793. The molecule has 148 valence electrons. The Labute approximate surface area is 160 Å². The lowest BCUT2D eigenvalue weighted by Gasteiger charge is -2.28. The summed E-state index contributed by atoms with van der Waals surface area (Å²) >= 11 is 0. The van der Waals surface area contributed by atoms with Crippen molar-refractivity contribution in [3.63, 3.8) is 0 Å². The quantitative estimate of drug-likeness (QED) is 0.801. The average molecular weight is 374 g/mol. The second kappa shape index (κ2) is 8.23. The van der Waals surface area contributed by atoms with Crippen LogP contribution >= 0.6 is 0 Å². The van der Waals surface area contributed by atoms with Gasteiger partial charge in [-0.25, -0.2) is 4.98 Å². The van der Waals surface area contributed by atoms with Gasteiger partial charge in [0.2, 0.25) is 5.91 Å². The molecule has 7 nitrogen and oxygen atoms in total. The van der Waals surface area contributed by atoms with Gasteiger partial charge in [0.05, 0.1) is 5.69 Å². The van der Waals surface area contributed by atoms with E-state index in [0.29, 0.717) is 24.4 Å². The molecule has 3 heterocycles. The molecule has 1 aliphatic heterocycles. The van der Waals surface area contributed by atoms with Crippen LogP contribution < -0.4 is 10.2 Å². The summed E-state index contributed by atoms with van der Waals surface area (Å²) in [6, 6.07) is 0. The maximum atomic E-state index is 12.3. The van der Waals surface area contributed by atoms with E-state index in [1.54, 1.807) is 0 Å². The van der Waals surface area contributed by atoms with E-state index in [2.05, 4.69) is 34.2 Å². The Morgan fingerprint density at radius 3 is 2.59 bits per heavy atom. The number of hydrogen-bond donors (Lipinski definition) is 1. The Kier molecular flexibility index (Phi) is 5.97. The third-order valence-electron chi connectivity index (χ3n) is 5.36. The SMILES string of the molecule is CCc1noc2nc(CCC(=O)NC(C)(C)CC)nc(N3CCCCC3)c12. The van der Waals surface area contributed by atoms with Gasteiger partial charge in [-0.3, -0.25) is 4.79 Å². The van der Waals surface area contributed by atoms with Crippen molar-refractivity contribution in [1.82, 2.24) is 20.4 Å². The van der Waals surface area contributed by atoms with E-state index in [9.17, 15) is 4.79 Å². The van der Waals surface area contributed by atoms with E-state index in [4.69, 9.17) is 9.51 Å². The largest absolute Gasteiger partial charge is 0.356 e. The monoisotopic (exact) mass is 373 g/mol. The van der Waals surface area contributed by atoms with Crippen LogP contribution in [0.25, 0.3) is 11.1 Å². The second-order valence-corrected chi connectivity index (χ2v) is 7.96. The first-order chi connectivity index (χ1) is 12.9. The molecule has 3 rings (SSSR count). The van der Waals surface area contributed by atoms with E-state index >= 15 is 0 Å². The van der Waals surface area contributed by atoms with Crippen molar-refractivity contribution >= 4 is 22.8 Å². The van der Waals surface area contributed by atoms with Crippen LogP contribution in [0.5, 0.6) is 0 Å². The molecule has 27 heavy (non-hydrogen) atoms. The molecule has 1 fully saturated rings. The highest BCUT2D eigenvalue weighted by Gasteiger charge is 2.23. The third kappa shape index (κ3) is 4.57. The Morgan fingerprint density at radius 2 is 1.93 bits per heavy atom.